The minimum atomic E-state index is 0.676. The SMILES string of the molecule is CO/N=C1/C(SC)=Nc2ccc(Cl)cc21. The maximum absolute atomic E-state index is 5.93. The van der Waals surface area contributed by atoms with E-state index in [0.29, 0.717) is 5.02 Å². The van der Waals surface area contributed by atoms with E-state index in [0.717, 1.165) is 22.0 Å². The molecule has 0 spiro atoms. The summed E-state index contributed by atoms with van der Waals surface area (Å²) in [6, 6.07) is 5.55. The first-order valence-electron chi connectivity index (χ1n) is 4.30. The Morgan fingerprint density at radius 2 is 2.27 bits per heavy atom. The van der Waals surface area contributed by atoms with Crippen molar-refractivity contribution < 1.29 is 4.84 Å². The Kier molecular flexibility index (Phi) is 2.98. The topological polar surface area (TPSA) is 34.0 Å². The smallest absolute Gasteiger partial charge is 0.144 e. The standard InChI is InChI=1S/C10H9ClN2OS/c1-14-13-9-7-5-6(11)3-4-8(7)12-10(9)15-2/h3-5H,1-2H3/b13-9+. The van der Waals surface area contributed by atoms with Crippen LogP contribution >= 0.6 is 23.4 Å². The molecule has 2 rings (SSSR count). The predicted octanol–water partition coefficient (Wildman–Crippen LogP) is 3.10. The van der Waals surface area contributed by atoms with Gasteiger partial charge < -0.3 is 4.84 Å². The van der Waals surface area contributed by atoms with Gasteiger partial charge in [0, 0.05) is 10.6 Å². The van der Waals surface area contributed by atoms with Gasteiger partial charge in [-0.15, -0.1) is 11.8 Å². The Hall–Kier alpha value is -1.00. The number of oxime groups is 1. The molecular weight excluding hydrogens is 232 g/mol. The van der Waals surface area contributed by atoms with Crippen LogP contribution in [0.5, 0.6) is 0 Å². The summed E-state index contributed by atoms with van der Waals surface area (Å²) < 4.78 is 0. The number of rotatable bonds is 1. The fraction of sp³-hybridized carbons (Fsp3) is 0.200. The van der Waals surface area contributed by atoms with E-state index in [9.17, 15) is 0 Å². The van der Waals surface area contributed by atoms with Crippen LogP contribution in [-0.4, -0.2) is 24.1 Å². The molecule has 1 aliphatic rings. The lowest BCUT2D eigenvalue weighted by atomic mass is 10.1. The second-order valence-electron chi connectivity index (χ2n) is 2.91. The minimum absolute atomic E-state index is 0.676. The second kappa shape index (κ2) is 4.24. The third-order valence-corrected chi connectivity index (χ3v) is 2.92. The highest BCUT2D eigenvalue weighted by atomic mass is 35.5. The highest BCUT2D eigenvalue weighted by molar-refractivity contribution is 8.15. The van der Waals surface area contributed by atoms with E-state index >= 15 is 0 Å². The van der Waals surface area contributed by atoms with Gasteiger partial charge in [-0.3, -0.25) is 0 Å². The molecular formula is C10H9ClN2OS. The molecule has 0 atom stereocenters. The molecule has 1 aliphatic heterocycles. The lowest BCUT2D eigenvalue weighted by molar-refractivity contribution is 0.214. The van der Waals surface area contributed by atoms with Crippen LogP contribution in [0.3, 0.4) is 0 Å². The van der Waals surface area contributed by atoms with Gasteiger partial charge in [0.15, 0.2) is 0 Å². The molecule has 5 heteroatoms. The molecule has 0 saturated heterocycles. The van der Waals surface area contributed by atoms with Gasteiger partial charge in [0.2, 0.25) is 0 Å². The first-order valence-corrected chi connectivity index (χ1v) is 5.90. The number of benzene rings is 1. The van der Waals surface area contributed by atoms with Crippen molar-refractivity contribution in [1.29, 1.82) is 0 Å². The molecule has 0 aromatic heterocycles. The lowest BCUT2D eigenvalue weighted by Gasteiger charge is -2.00. The number of fused-ring (bicyclic) bond motifs is 1. The lowest BCUT2D eigenvalue weighted by Crippen LogP contribution is -2.07. The normalized spacial score (nSPS) is 16.5. The number of hydrogen-bond acceptors (Lipinski definition) is 4. The summed E-state index contributed by atoms with van der Waals surface area (Å²) >= 11 is 7.47. The molecule has 3 nitrogen and oxygen atoms in total. The summed E-state index contributed by atoms with van der Waals surface area (Å²) in [4.78, 5) is 9.23. The second-order valence-corrected chi connectivity index (χ2v) is 4.14. The quantitative estimate of drug-likeness (QED) is 0.707. The van der Waals surface area contributed by atoms with Gasteiger partial charge in [-0.25, -0.2) is 4.99 Å². The van der Waals surface area contributed by atoms with Crippen molar-refractivity contribution in [3.63, 3.8) is 0 Å². The molecule has 15 heavy (non-hydrogen) atoms. The number of thioether (sulfide) groups is 1. The largest absolute Gasteiger partial charge is 0.399 e. The zero-order valence-corrected chi connectivity index (χ0v) is 9.89. The van der Waals surface area contributed by atoms with E-state index in [4.69, 9.17) is 16.4 Å². The van der Waals surface area contributed by atoms with Crippen LogP contribution in [0.15, 0.2) is 28.3 Å². The van der Waals surface area contributed by atoms with Crippen LogP contribution in [0.25, 0.3) is 0 Å². The van der Waals surface area contributed by atoms with Crippen LogP contribution in [0.4, 0.5) is 5.69 Å². The summed E-state index contributed by atoms with van der Waals surface area (Å²) in [5, 5.41) is 5.50. The van der Waals surface area contributed by atoms with Gasteiger partial charge in [0.05, 0.1) is 5.69 Å². The Balaban J connectivity index is 2.54. The van der Waals surface area contributed by atoms with Crippen molar-refractivity contribution in [2.45, 2.75) is 0 Å². The fourth-order valence-electron chi connectivity index (χ4n) is 1.39. The minimum Gasteiger partial charge on any atom is -0.399 e. The Labute approximate surface area is 97.2 Å². The van der Waals surface area contributed by atoms with E-state index in [-0.39, 0.29) is 0 Å². The van der Waals surface area contributed by atoms with E-state index in [2.05, 4.69) is 10.1 Å². The Morgan fingerprint density at radius 1 is 1.47 bits per heavy atom. The number of halogens is 1. The zero-order chi connectivity index (χ0) is 10.8. The van der Waals surface area contributed by atoms with Gasteiger partial charge in [-0.05, 0) is 24.5 Å². The van der Waals surface area contributed by atoms with Gasteiger partial charge >= 0.3 is 0 Å². The fourth-order valence-corrected chi connectivity index (χ4v) is 2.10. The molecule has 0 radical (unpaired) electrons. The van der Waals surface area contributed by atoms with Crippen LogP contribution < -0.4 is 0 Å². The molecule has 0 amide bonds. The monoisotopic (exact) mass is 240 g/mol. The molecule has 0 bridgehead atoms. The summed E-state index contributed by atoms with van der Waals surface area (Å²) in [6.45, 7) is 0. The number of hydrogen-bond donors (Lipinski definition) is 0. The highest BCUT2D eigenvalue weighted by Gasteiger charge is 2.22. The summed E-state index contributed by atoms with van der Waals surface area (Å²) in [6.07, 6.45) is 1.96. The molecule has 1 aromatic carbocycles. The number of aliphatic imine (C=N–C) groups is 1. The summed E-state index contributed by atoms with van der Waals surface area (Å²) in [5.41, 5.74) is 2.57. The summed E-state index contributed by atoms with van der Waals surface area (Å²) in [5.74, 6) is 0. The molecule has 78 valence electrons. The van der Waals surface area contributed by atoms with Gasteiger partial charge in [0.25, 0.3) is 0 Å². The molecule has 0 saturated carbocycles. The average molecular weight is 241 g/mol. The highest BCUT2D eigenvalue weighted by Crippen LogP contribution is 2.32. The van der Waals surface area contributed by atoms with Crippen LogP contribution in [0.1, 0.15) is 5.56 Å². The maximum Gasteiger partial charge on any atom is 0.144 e. The predicted molar refractivity (Wildman–Crippen MR) is 65.6 cm³/mol. The third kappa shape index (κ3) is 1.87. The van der Waals surface area contributed by atoms with E-state index in [1.165, 1.54) is 18.9 Å². The molecule has 1 aromatic rings. The zero-order valence-electron chi connectivity index (χ0n) is 8.32. The van der Waals surface area contributed by atoms with E-state index < -0.39 is 0 Å². The van der Waals surface area contributed by atoms with Crippen molar-refractivity contribution in [1.82, 2.24) is 0 Å². The van der Waals surface area contributed by atoms with Crippen molar-refractivity contribution in [2.24, 2.45) is 10.1 Å². The number of nitrogens with zero attached hydrogens (tertiary/aromatic N) is 2. The Bertz CT molecular complexity index is 457. The molecule has 0 unspecified atom stereocenters. The first kappa shape index (κ1) is 10.5. The van der Waals surface area contributed by atoms with Gasteiger partial charge in [-0.1, -0.05) is 16.8 Å². The molecule has 0 fully saturated rings. The average Bonchev–Trinajstić information content (AvgIpc) is 2.57. The van der Waals surface area contributed by atoms with Gasteiger partial charge in [0.1, 0.15) is 17.9 Å². The van der Waals surface area contributed by atoms with E-state index in [1.54, 1.807) is 0 Å². The molecule has 0 N–H and O–H groups in total. The van der Waals surface area contributed by atoms with Crippen molar-refractivity contribution in [3.05, 3.63) is 28.8 Å². The third-order valence-electron chi connectivity index (χ3n) is 2.01. The maximum atomic E-state index is 5.93. The van der Waals surface area contributed by atoms with Crippen molar-refractivity contribution in [3.8, 4) is 0 Å². The first-order chi connectivity index (χ1) is 7.26. The van der Waals surface area contributed by atoms with Crippen molar-refractivity contribution >= 4 is 39.8 Å². The van der Waals surface area contributed by atoms with E-state index in [1.807, 2.05) is 24.5 Å². The van der Waals surface area contributed by atoms with Crippen LogP contribution in [0, 0.1) is 0 Å². The van der Waals surface area contributed by atoms with Crippen LogP contribution in [0.2, 0.25) is 5.02 Å². The molecule has 1 heterocycles. The molecule has 0 aliphatic carbocycles. The summed E-state index contributed by atoms with van der Waals surface area (Å²) in [7, 11) is 1.52. The van der Waals surface area contributed by atoms with Gasteiger partial charge in [-0.2, -0.15) is 0 Å². The van der Waals surface area contributed by atoms with Crippen LogP contribution in [-0.2, 0) is 4.84 Å². The Morgan fingerprint density at radius 3 is 2.93 bits per heavy atom. The van der Waals surface area contributed by atoms with Crippen molar-refractivity contribution in [2.75, 3.05) is 13.4 Å².